The van der Waals surface area contributed by atoms with Gasteiger partial charge in [0.2, 0.25) is 0 Å². The molecule has 27 heavy (non-hydrogen) atoms. The molecule has 0 bridgehead atoms. The summed E-state index contributed by atoms with van der Waals surface area (Å²) >= 11 is 6.29. The van der Waals surface area contributed by atoms with Gasteiger partial charge in [0.05, 0.1) is 5.02 Å². The van der Waals surface area contributed by atoms with Crippen molar-refractivity contribution < 1.29 is 0 Å². The van der Waals surface area contributed by atoms with Crippen molar-refractivity contribution in [2.24, 2.45) is 10.9 Å². The Kier molecular flexibility index (Phi) is 7.59. The maximum absolute atomic E-state index is 6.29. The Morgan fingerprint density at radius 3 is 2.81 bits per heavy atom. The molecule has 0 saturated carbocycles. The minimum Gasteiger partial charge on any atom is -0.356 e. The first-order valence-electron chi connectivity index (χ1n) is 10.2. The number of guanidine groups is 1. The summed E-state index contributed by atoms with van der Waals surface area (Å²) in [4.78, 5) is 13.7. The summed E-state index contributed by atoms with van der Waals surface area (Å²) in [6.45, 7) is 8.82. The van der Waals surface area contributed by atoms with Crippen LogP contribution in [0.5, 0.6) is 0 Å². The maximum atomic E-state index is 6.29. The van der Waals surface area contributed by atoms with Gasteiger partial charge < -0.3 is 20.4 Å². The Hall–Kier alpha value is -1.53. The smallest absolute Gasteiger partial charge is 0.191 e. The first-order chi connectivity index (χ1) is 13.2. The van der Waals surface area contributed by atoms with Crippen LogP contribution < -0.4 is 15.5 Å². The highest BCUT2D eigenvalue weighted by molar-refractivity contribution is 6.32. The van der Waals surface area contributed by atoms with Crippen LogP contribution in [-0.4, -0.2) is 68.2 Å². The van der Waals surface area contributed by atoms with Crippen molar-refractivity contribution in [3.63, 3.8) is 0 Å². The van der Waals surface area contributed by atoms with E-state index in [1.54, 1.807) is 6.20 Å². The molecule has 2 aliphatic rings. The largest absolute Gasteiger partial charge is 0.356 e. The van der Waals surface area contributed by atoms with Crippen LogP contribution in [0.1, 0.15) is 32.6 Å². The van der Waals surface area contributed by atoms with E-state index < -0.39 is 0 Å². The number of nitrogens with zero attached hydrogens (tertiary/aromatic N) is 4. The molecule has 0 amide bonds. The first-order valence-corrected chi connectivity index (χ1v) is 10.6. The molecule has 3 heterocycles. The van der Waals surface area contributed by atoms with Crippen molar-refractivity contribution in [3.8, 4) is 0 Å². The molecule has 1 aromatic rings. The lowest BCUT2D eigenvalue weighted by atomic mass is 9.97. The van der Waals surface area contributed by atoms with Gasteiger partial charge in [0.25, 0.3) is 0 Å². The predicted molar refractivity (Wildman–Crippen MR) is 114 cm³/mol. The zero-order valence-electron chi connectivity index (χ0n) is 16.6. The Balaban J connectivity index is 1.41. The molecule has 0 radical (unpaired) electrons. The molecule has 7 heteroatoms. The summed E-state index contributed by atoms with van der Waals surface area (Å²) in [7, 11) is 1.85. The molecule has 1 unspecified atom stereocenters. The Labute approximate surface area is 168 Å². The van der Waals surface area contributed by atoms with Crippen LogP contribution >= 0.6 is 11.6 Å². The summed E-state index contributed by atoms with van der Waals surface area (Å²) in [5.41, 5.74) is 0. The van der Waals surface area contributed by atoms with Gasteiger partial charge in [0.15, 0.2) is 5.96 Å². The van der Waals surface area contributed by atoms with E-state index in [0.717, 1.165) is 48.8 Å². The highest BCUT2D eigenvalue weighted by atomic mass is 35.5. The number of anilines is 1. The SMILES string of the molecule is CCCN1CCC(CNC(=NC)NC2CCN(c3ncccc3Cl)C2)CC1. The van der Waals surface area contributed by atoms with E-state index in [9.17, 15) is 0 Å². The van der Waals surface area contributed by atoms with Crippen molar-refractivity contribution in [1.82, 2.24) is 20.5 Å². The maximum Gasteiger partial charge on any atom is 0.191 e. The van der Waals surface area contributed by atoms with E-state index in [1.807, 2.05) is 19.2 Å². The number of hydrogen-bond donors (Lipinski definition) is 2. The number of pyridine rings is 1. The lowest BCUT2D eigenvalue weighted by molar-refractivity contribution is 0.185. The third kappa shape index (κ3) is 5.72. The average Bonchev–Trinajstić information content (AvgIpc) is 3.15. The molecule has 0 spiro atoms. The molecule has 3 rings (SSSR count). The number of hydrogen-bond acceptors (Lipinski definition) is 4. The fourth-order valence-corrected chi connectivity index (χ4v) is 4.28. The van der Waals surface area contributed by atoms with Gasteiger partial charge in [-0.1, -0.05) is 18.5 Å². The second-order valence-electron chi connectivity index (χ2n) is 7.62. The number of likely N-dealkylation sites (tertiary alicyclic amines) is 1. The number of halogens is 1. The van der Waals surface area contributed by atoms with Gasteiger partial charge in [-0.2, -0.15) is 0 Å². The molecule has 2 N–H and O–H groups in total. The topological polar surface area (TPSA) is 55.8 Å². The van der Waals surface area contributed by atoms with Crippen molar-refractivity contribution >= 4 is 23.4 Å². The Bertz CT molecular complexity index is 614. The summed E-state index contributed by atoms with van der Waals surface area (Å²) in [5, 5.41) is 7.83. The molecule has 150 valence electrons. The molecule has 2 saturated heterocycles. The van der Waals surface area contributed by atoms with E-state index in [0.29, 0.717) is 6.04 Å². The monoisotopic (exact) mass is 392 g/mol. The van der Waals surface area contributed by atoms with E-state index in [4.69, 9.17) is 11.6 Å². The van der Waals surface area contributed by atoms with E-state index >= 15 is 0 Å². The lowest BCUT2D eigenvalue weighted by Crippen LogP contribution is -2.47. The van der Waals surface area contributed by atoms with Crippen LogP contribution in [0.15, 0.2) is 23.3 Å². The third-order valence-electron chi connectivity index (χ3n) is 5.60. The van der Waals surface area contributed by atoms with Crippen LogP contribution in [-0.2, 0) is 0 Å². The van der Waals surface area contributed by atoms with Crippen LogP contribution in [0.25, 0.3) is 0 Å². The molecule has 1 atom stereocenters. The fraction of sp³-hybridized carbons (Fsp3) is 0.700. The summed E-state index contributed by atoms with van der Waals surface area (Å²) in [6, 6.07) is 4.13. The predicted octanol–water partition coefficient (Wildman–Crippen LogP) is 2.60. The third-order valence-corrected chi connectivity index (χ3v) is 5.89. The fourth-order valence-electron chi connectivity index (χ4n) is 4.04. The quantitative estimate of drug-likeness (QED) is 0.575. The van der Waals surface area contributed by atoms with Gasteiger partial charge in [0.1, 0.15) is 5.82 Å². The second kappa shape index (κ2) is 10.1. The second-order valence-corrected chi connectivity index (χ2v) is 8.03. The average molecular weight is 393 g/mol. The molecular formula is C20H33ClN6. The van der Waals surface area contributed by atoms with Crippen LogP contribution in [0.4, 0.5) is 5.82 Å². The number of aromatic nitrogens is 1. The minimum absolute atomic E-state index is 0.362. The highest BCUT2D eigenvalue weighted by Crippen LogP contribution is 2.25. The number of aliphatic imine (C=N–C) groups is 1. The van der Waals surface area contributed by atoms with Crippen molar-refractivity contribution in [1.29, 1.82) is 0 Å². The van der Waals surface area contributed by atoms with Crippen LogP contribution in [0.3, 0.4) is 0 Å². The molecule has 2 aliphatic heterocycles. The minimum atomic E-state index is 0.362. The highest BCUT2D eigenvalue weighted by Gasteiger charge is 2.26. The Morgan fingerprint density at radius 1 is 1.30 bits per heavy atom. The van der Waals surface area contributed by atoms with Crippen molar-refractivity contribution in [2.75, 3.05) is 51.2 Å². The number of rotatable bonds is 6. The van der Waals surface area contributed by atoms with Crippen molar-refractivity contribution in [2.45, 2.75) is 38.6 Å². The van der Waals surface area contributed by atoms with E-state index in [2.05, 4.69) is 37.3 Å². The standard InChI is InChI=1S/C20H33ClN6/c1-3-10-26-11-6-16(7-12-26)14-24-20(22-2)25-17-8-13-27(15-17)19-18(21)5-4-9-23-19/h4-5,9,16-17H,3,6-8,10-15H2,1-2H3,(H2,22,24,25). The molecule has 6 nitrogen and oxygen atoms in total. The van der Waals surface area contributed by atoms with E-state index in [1.165, 1.54) is 38.9 Å². The van der Waals surface area contributed by atoms with Crippen molar-refractivity contribution in [3.05, 3.63) is 23.4 Å². The summed E-state index contributed by atoms with van der Waals surface area (Å²) in [6.07, 6.45) is 6.66. The zero-order valence-corrected chi connectivity index (χ0v) is 17.4. The van der Waals surface area contributed by atoms with Crippen LogP contribution in [0, 0.1) is 5.92 Å². The van der Waals surface area contributed by atoms with Crippen LogP contribution in [0.2, 0.25) is 5.02 Å². The molecule has 1 aromatic heterocycles. The number of nitrogens with one attached hydrogen (secondary N) is 2. The first kappa shape index (κ1) is 20.2. The normalized spacial score (nSPS) is 22.3. The lowest BCUT2D eigenvalue weighted by Gasteiger charge is -2.32. The summed E-state index contributed by atoms with van der Waals surface area (Å²) < 4.78 is 0. The van der Waals surface area contributed by atoms with E-state index in [-0.39, 0.29) is 0 Å². The van der Waals surface area contributed by atoms with Gasteiger partial charge in [-0.05, 0) is 63.4 Å². The number of piperidine rings is 1. The van der Waals surface area contributed by atoms with Gasteiger partial charge in [-0.3, -0.25) is 4.99 Å². The molecule has 2 fully saturated rings. The summed E-state index contributed by atoms with van der Waals surface area (Å²) in [5.74, 6) is 2.53. The molecular weight excluding hydrogens is 360 g/mol. The Morgan fingerprint density at radius 2 is 2.11 bits per heavy atom. The van der Waals surface area contributed by atoms with Gasteiger partial charge in [-0.25, -0.2) is 4.98 Å². The molecule has 0 aliphatic carbocycles. The molecule has 0 aromatic carbocycles. The van der Waals surface area contributed by atoms with Gasteiger partial charge in [0, 0.05) is 38.9 Å². The zero-order chi connectivity index (χ0) is 19.1. The van der Waals surface area contributed by atoms with Gasteiger partial charge >= 0.3 is 0 Å². The van der Waals surface area contributed by atoms with Gasteiger partial charge in [-0.15, -0.1) is 0 Å².